The molecule has 2 heterocycles. The standard InChI is InChI=1S/C19H26O3/c1-3-7-15-10-18-16(11-17(15)22-18)12-19(20)21-13(2)14-8-5-4-6-9-14/h4-6,8-9,13,15-18H,3,7,10-12H2,1-2H3. The van der Waals surface area contributed by atoms with Gasteiger partial charge < -0.3 is 9.47 Å². The highest BCUT2D eigenvalue weighted by molar-refractivity contribution is 5.70. The molecule has 2 aliphatic heterocycles. The molecule has 1 aromatic rings. The van der Waals surface area contributed by atoms with Crippen molar-refractivity contribution in [3.63, 3.8) is 0 Å². The second-order valence-electron chi connectivity index (χ2n) is 6.74. The average molecular weight is 302 g/mol. The fourth-order valence-electron chi connectivity index (χ4n) is 3.98. The Morgan fingerprint density at radius 2 is 1.91 bits per heavy atom. The molecule has 3 heteroatoms. The maximum atomic E-state index is 12.2. The third-order valence-corrected chi connectivity index (χ3v) is 5.14. The third kappa shape index (κ3) is 3.35. The molecule has 1 aromatic carbocycles. The minimum atomic E-state index is -0.180. The number of carbonyl (C=O) groups is 1. The molecule has 120 valence electrons. The zero-order valence-corrected chi connectivity index (χ0v) is 13.5. The van der Waals surface area contributed by atoms with Crippen LogP contribution in [0.25, 0.3) is 0 Å². The van der Waals surface area contributed by atoms with Crippen molar-refractivity contribution >= 4 is 5.97 Å². The van der Waals surface area contributed by atoms with Crippen LogP contribution in [0.5, 0.6) is 0 Å². The van der Waals surface area contributed by atoms with Crippen LogP contribution in [-0.4, -0.2) is 18.2 Å². The molecule has 0 aromatic heterocycles. The van der Waals surface area contributed by atoms with E-state index in [4.69, 9.17) is 9.47 Å². The number of rotatable bonds is 6. The van der Waals surface area contributed by atoms with Crippen molar-refractivity contribution in [2.75, 3.05) is 0 Å². The molecule has 22 heavy (non-hydrogen) atoms. The molecule has 0 spiro atoms. The van der Waals surface area contributed by atoms with Crippen molar-refractivity contribution in [1.82, 2.24) is 0 Å². The largest absolute Gasteiger partial charge is 0.458 e. The van der Waals surface area contributed by atoms with Crippen molar-refractivity contribution in [2.45, 2.75) is 64.3 Å². The van der Waals surface area contributed by atoms with Gasteiger partial charge in [0.25, 0.3) is 0 Å². The lowest BCUT2D eigenvalue weighted by molar-refractivity contribution is -0.150. The molecule has 2 aliphatic rings. The lowest BCUT2D eigenvalue weighted by Gasteiger charge is -2.24. The predicted molar refractivity (Wildman–Crippen MR) is 85.3 cm³/mol. The molecule has 0 N–H and O–H groups in total. The Balaban J connectivity index is 1.48. The van der Waals surface area contributed by atoms with Crippen LogP contribution in [0.15, 0.2) is 30.3 Å². The summed E-state index contributed by atoms with van der Waals surface area (Å²) in [5.74, 6) is 0.976. The summed E-state index contributed by atoms with van der Waals surface area (Å²) in [4.78, 5) is 12.2. The SMILES string of the molecule is CCCC1CC2OC1CC2CC(=O)OC(C)c1ccccc1. The van der Waals surface area contributed by atoms with Gasteiger partial charge in [0.2, 0.25) is 0 Å². The molecule has 3 rings (SSSR count). The van der Waals surface area contributed by atoms with E-state index in [1.165, 1.54) is 12.8 Å². The lowest BCUT2D eigenvalue weighted by Crippen LogP contribution is -2.26. The van der Waals surface area contributed by atoms with Crippen molar-refractivity contribution in [1.29, 1.82) is 0 Å². The quantitative estimate of drug-likeness (QED) is 0.736. The number of ether oxygens (including phenoxy) is 2. The molecule has 0 saturated carbocycles. The Labute approximate surface area is 133 Å². The minimum Gasteiger partial charge on any atom is -0.458 e. The van der Waals surface area contributed by atoms with E-state index in [9.17, 15) is 4.79 Å². The van der Waals surface area contributed by atoms with Gasteiger partial charge in [0.1, 0.15) is 6.10 Å². The zero-order valence-electron chi connectivity index (χ0n) is 13.5. The fourth-order valence-corrected chi connectivity index (χ4v) is 3.98. The summed E-state index contributed by atoms with van der Waals surface area (Å²) in [6, 6.07) is 9.90. The van der Waals surface area contributed by atoms with Gasteiger partial charge in [0.05, 0.1) is 18.6 Å². The van der Waals surface area contributed by atoms with Gasteiger partial charge in [-0.15, -0.1) is 0 Å². The van der Waals surface area contributed by atoms with Crippen molar-refractivity contribution in [3.05, 3.63) is 35.9 Å². The Morgan fingerprint density at radius 3 is 2.55 bits per heavy atom. The van der Waals surface area contributed by atoms with Gasteiger partial charge >= 0.3 is 5.97 Å². The van der Waals surface area contributed by atoms with Crippen LogP contribution in [0.4, 0.5) is 0 Å². The first-order valence-corrected chi connectivity index (χ1v) is 8.57. The van der Waals surface area contributed by atoms with Gasteiger partial charge in [0, 0.05) is 0 Å². The number of carbonyl (C=O) groups excluding carboxylic acids is 1. The normalized spacial score (nSPS) is 31.2. The van der Waals surface area contributed by atoms with Gasteiger partial charge in [-0.1, -0.05) is 43.7 Å². The lowest BCUT2D eigenvalue weighted by atomic mass is 9.79. The Morgan fingerprint density at radius 1 is 1.23 bits per heavy atom. The maximum Gasteiger partial charge on any atom is 0.306 e. The van der Waals surface area contributed by atoms with E-state index in [0.29, 0.717) is 24.4 Å². The monoisotopic (exact) mass is 302 g/mol. The maximum absolute atomic E-state index is 12.2. The van der Waals surface area contributed by atoms with E-state index in [1.807, 2.05) is 37.3 Å². The second-order valence-corrected chi connectivity index (χ2v) is 6.74. The fraction of sp³-hybridized carbons (Fsp3) is 0.632. The minimum absolute atomic E-state index is 0.0930. The first kappa shape index (κ1) is 15.5. The van der Waals surface area contributed by atoms with Gasteiger partial charge in [-0.05, 0) is 43.6 Å². The number of fused-ring (bicyclic) bond motifs is 2. The molecule has 5 unspecified atom stereocenters. The van der Waals surface area contributed by atoms with Crippen molar-refractivity contribution in [3.8, 4) is 0 Å². The molecule has 2 bridgehead atoms. The van der Waals surface area contributed by atoms with Gasteiger partial charge in [0.15, 0.2) is 0 Å². The molecule has 2 saturated heterocycles. The van der Waals surface area contributed by atoms with E-state index in [1.54, 1.807) is 0 Å². The first-order valence-electron chi connectivity index (χ1n) is 8.57. The van der Waals surface area contributed by atoms with E-state index in [2.05, 4.69) is 6.92 Å². The van der Waals surface area contributed by atoms with E-state index in [-0.39, 0.29) is 18.2 Å². The van der Waals surface area contributed by atoms with E-state index >= 15 is 0 Å². The first-order chi connectivity index (χ1) is 10.7. The Hall–Kier alpha value is -1.35. The van der Waals surface area contributed by atoms with Gasteiger partial charge in [-0.3, -0.25) is 4.79 Å². The molecular formula is C19H26O3. The zero-order chi connectivity index (χ0) is 15.5. The number of benzene rings is 1. The smallest absolute Gasteiger partial charge is 0.306 e. The van der Waals surface area contributed by atoms with Gasteiger partial charge in [-0.25, -0.2) is 0 Å². The predicted octanol–water partition coefficient (Wildman–Crippen LogP) is 4.27. The Kier molecular flexibility index (Phi) is 4.82. The molecule has 5 atom stereocenters. The third-order valence-electron chi connectivity index (χ3n) is 5.14. The summed E-state index contributed by atoms with van der Waals surface area (Å²) in [6.07, 6.45) is 5.62. The van der Waals surface area contributed by atoms with Crippen molar-refractivity contribution in [2.24, 2.45) is 11.8 Å². The van der Waals surface area contributed by atoms with Crippen LogP contribution >= 0.6 is 0 Å². The number of hydrogen-bond acceptors (Lipinski definition) is 3. The molecule has 3 nitrogen and oxygen atoms in total. The number of hydrogen-bond donors (Lipinski definition) is 0. The molecule has 0 radical (unpaired) electrons. The molecule has 2 fully saturated rings. The van der Waals surface area contributed by atoms with Crippen molar-refractivity contribution < 1.29 is 14.3 Å². The highest BCUT2D eigenvalue weighted by atomic mass is 16.5. The summed E-state index contributed by atoms with van der Waals surface area (Å²) >= 11 is 0. The summed E-state index contributed by atoms with van der Waals surface area (Å²) in [5.41, 5.74) is 1.04. The highest BCUT2D eigenvalue weighted by Crippen LogP contribution is 2.45. The average Bonchev–Trinajstić information content (AvgIpc) is 3.08. The summed E-state index contributed by atoms with van der Waals surface area (Å²) < 4.78 is 11.6. The van der Waals surface area contributed by atoms with Crippen LogP contribution in [-0.2, 0) is 14.3 Å². The Bertz CT molecular complexity index is 499. The van der Waals surface area contributed by atoms with Crippen LogP contribution in [0.3, 0.4) is 0 Å². The van der Waals surface area contributed by atoms with E-state index < -0.39 is 0 Å². The molecule has 0 amide bonds. The van der Waals surface area contributed by atoms with Crippen LogP contribution in [0.2, 0.25) is 0 Å². The van der Waals surface area contributed by atoms with Crippen LogP contribution < -0.4 is 0 Å². The molecule has 0 aliphatic carbocycles. The topological polar surface area (TPSA) is 35.5 Å². The van der Waals surface area contributed by atoms with Crippen LogP contribution in [0.1, 0.15) is 57.6 Å². The van der Waals surface area contributed by atoms with Crippen LogP contribution in [0, 0.1) is 11.8 Å². The van der Waals surface area contributed by atoms with Gasteiger partial charge in [-0.2, -0.15) is 0 Å². The second kappa shape index (κ2) is 6.82. The van der Waals surface area contributed by atoms with E-state index in [0.717, 1.165) is 18.4 Å². The number of esters is 1. The summed E-state index contributed by atoms with van der Waals surface area (Å²) in [7, 11) is 0. The molecular weight excluding hydrogens is 276 g/mol. The summed E-state index contributed by atoms with van der Waals surface area (Å²) in [5, 5.41) is 0. The highest BCUT2D eigenvalue weighted by Gasteiger charge is 2.47. The summed E-state index contributed by atoms with van der Waals surface area (Å²) in [6.45, 7) is 4.16.